The second-order valence-electron chi connectivity index (χ2n) is 8.46. The Morgan fingerprint density at radius 3 is 2.59 bits per heavy atom. The zero-order valence-electron chi connectivity index (χ0n) is 16.6. The van der Waals surface area contributed by atoms with Gasteiger partial charge in [-0.2, -0.15) is 0 Å². The van der Waals surface area contributed by atoms with Gasteiger partial charge in [0.15, 0.2) is 0 Å². The van der Waals surface area contributed by atoms with Crippen LogP contribution in [-0.4, -0.2) is 73.1 Å². The fourth-order valence-electron chi connectivity index (χ4n) is 4.31. The van der Waals surface area contributed by atoms with E-state index in [2.05, 4.69) is 31.2 Å². The van der Waals surface area contributed by atoms with E-state index in [1.807, 2.05) is 19.0 Å². The van der Waals surface area contributed by atoms with Crippen LogP contribution in [0.1, 0.15) is 38.5 Å². The molecule has 3 fully saturated rings. The summed E-state index contributed by atoms with van der Waals surface area (Å²) < 4.78 is 0. The Morgan fingerprint density at radius 2 is 1.89 bits per heavy atom. The molecule has 1 unspecified atom stereocenters. The molecule has 2 aliphatic heterocycles. The lowest BCUT2D eigenvalue weighted by Gasteiger charge is -2.42. The Kier molecular flexibility index (Phi) is 5.48. The van der Waals surface area contributed by atoms with Crippen molar-refractivity contribution >= 4 is 17.5 Å². The van der Waals surface area contributed by atoms with Gasteiger partial charge in [-0.3, -0.25) is 9.69 Å². The molecule has 0 radical (unpaired) electrons. The summed E-state index contributed by atoms with van der Waals surface area (Å²) in [5, 5.41) is 3.20. The van der Waals surface area contributed by atoms with E-state index in [1.165, 1.54) is 12.8 Å². The Hall–Kier alpha value is -1.89. The van der Waals surface area contributed by atoms with Crippen molar-refractivity contribution < 1.29 is 4.79 Å². The van der Waals surface area contributed by atoms with Crippen LogP contribution in [0.5, 0.6) is 0 Å². The van der Waals surface area contributed by atoms with E-state index in [0.717, 1.165) is 63.5 Å². The van der Waals surface area contributed by atoms with Crippen molar-refractivity contribution in [1.29, 1.82) is 0 Å². The number of rotatable bonds is 5. The molecule has 0 bridgehead atoms. The van der Waals surface area contributed by atoms with Crippen molar-refractivity contribution in [2.24, 2.45) is 5.92 Å². The zero-order chi connectivity index (χ0) is 18.8. The van der Waals surface area contributed by atoms with Crippen molar-refractivity contribution in [3.8, 4) is 0 Å². The standard InChI is InChI=1S/C20H32N6O/c1-24(2)18-12-19(22-14-21-18)25-10-7-17(8-11-25)26-9-3-4-15(13-26)20(27)23-16-5-6-16/h12,14-17H,3-11,13H2,1-2H3,(H,23,27). The van der Waals surface area contributed by atoms with Gasteiger partial charge in [0, 0.05) is 51.9 Å². The summed E-state index contributed by atoms with van der Waals surface area (Å²) in [4.78, 5) is 28.2. The fraction of sp³-hybridized carbons (Fsp3) is 0.750. The number of nitrogens with one attached hydrogen (secondary N) is 1. The molecule has 1 atom stereocenters. The zero-order valence-corrected chi connectivity index (χ0v) is 16.6. The minimum Gasteiger partial charge on any atom is -0.363 e. The van der Waals surface area contributed by atoms with E-state index < -0.39 is 0 Å². The number of aromatic nitrogens is 2. The first kappa shape index (κ1) is 18.5. The number of amides is 1. The molecule has 1 aromatic heterocycles. The van der Waals surface area contributed by atoms with Crippen LogP contribution < -0.4 is 15.1 Å². The number of likely N-dealkylation sites (tertiary alicyclic amines) is 1. The average molecular weight is 373 g/mol. The monoisotopic (exact) mass is 372 g/mol. The molecule has 2 saturated heterocycles. The van der Waals surface area contributed by atoms with Gasteiger partial charge in [-0.05, 0) is 45.1 Å². The quantitative estimate of drug-likeness (QED) is 0.845. The van der Waals surface area contributed by atoms with Crippen molar-refractivity contribution in [3.63, 3.8) is 0 Å². The molecule has 148 valence electrons. The number of anilines is 2. The van der Waals surface area contributed by atoms with E-state index in [1.54, 1.807) is 6.33 Å². The average Bonchev–Trinajstić information content (AvgIpc) is 3.52. The van der Waals surface area contributed by atoms with Crippen LogP contribution in [0.25, 0.3) is 0 Å². The molecule has 27 heavy (non-hydrogen) atoms. The summed E-state index contributed by atoms with van der Waals surface area (Å²) in [5.41, 5.74) is 0. The molecular weight excluding hydrogens is 340 g/mol. The van der Waals surface area contributed by atoms with E-state index >= 15 is 0 Å². The van der Waals surface area contributed by atoms with Crippen molar-refractivity contribution in [2.75, 3.05) is 50.1 Å². The lowest BCUT2D eigenvalue weighted by molar-refractivity contribution is -0.127. The maximum Gasteiger partial charge on any atom is 0.224 e. The molecule has 1 N–H and O–H groups in total. The SMILES string of the molecule is CN(C)c1cc(N2CCC(N3CCCC(C(=O)NC4CC4)C3)CC2)ncn1. The molecule has 4 rings (SSSR count). The molecule has 7 heteroatoms. The van der Waals surface area contributed by atoms with Gasteiger partial charge in [-0.1, -0.05) is 0 Å². The Balaban J connectivity index is 1.30. The van der Waals surface area contributed by atoms with Crippen LogP contribution >= 0.6 is 0 Å². The first-order valence-corrected chi connectivity index (χ1v) is 10.4. The third-order valence-corrected chi connectivity index (χ3v) is 6.15. The van der Waals surface area contributed by atoms with Gasteiger partial charge < -0.3 is 15.1 Å². The smallest absolute Gasteiger partial charge is 0.224 e. The maximum atomic E-state index is 12.4. The third-order valence-electron chi connectivity index (χ3n) is 6.15. The van der Waals surface area contributed by atoms with Crippen molar-refractivity contribution in [1.82, 2.24) is 20.2 Å². The molecule has 1 amide bonds. The summed E-state index contributed by atoms with van der Waals surface area (Å²) in [5.74, 6) is 2.44. The molecule has 0 spiro atoms. The van der Waals surface area contributed by atoms with Crippen LogP contribution in [0.15, 0.2) is 12.4 Å². The highest BCUT2D eigenvalue weighted by Crippen LogP contribution is 2.27. The summed E-state index contributed by atoms with van der Waals surface area (Å²) in [6.07, 6.45) is 8.45. The number of hydrogen-bond acceptors (Lipinski definition) is 6. The van der Waals surface area contributed by atoms with Crippen LogP contribution in [0.3, 0.4) is 0 Å². The highest BCUT2D eigenvalue weighted by atomic mass is 16.2. The van der Waals surface area contributed by atoms with Gasteiger partial charge in [0.25, 0.3) is 0 Å². The predicted octanol–water partition coefficient (Wildman–Crippen LogP) is 1.50. The van der Waals surface area contributed by atoms with E-state index in [0.29, 0.717) is 12.1 Å². The van der Waals surface area contributed by atoms with Gasteiger partial charge in [-0.15, -0.1) is 0 Å². The number of hydrogen-bond donors (Lipinski definition) is 1. The van der Waals surface area contributed by atoms with Crippen LogP contribution in [-0.2, 0) is 4.79 Å². The molecule has 1 saturated carbocycles. The van der Waals surface area contributed by atoms with E-state index in [4.69, 9.17) is 0 Å². The largest absolute Gasteiger partial charge is 0.363 e. The Labute approximate surface area is 162 Å². The van der Waals surface area contributed by atoms with Crippen molar-refractivity contribution in [2.45, 2.75) is 50.6 Å². The molecule has 3 aliphatic rings. The number of carbonyl (C=O) groups is 1. The van der Waals surface area contributed by atoms with Crippen LogP contribution in [0.2, 0.25) is 0 Å². The number of piperidine rings is 2. The van der Waals surface area contributed by atoms with Gasteiger partial charge in [-0.25, -0.2) is 9.97 Å². The first-order valence-electron chi connectivity index (χ1n) is 10.4. The highest BCUT2D eigenvalue weighted by molar-refractivity contribution is 5.79. The Bertz CT molecular complexity index is 654. The summed E-state index contributed by atoms with van der Waals surface area (Å²) >= 11 is 0. The molecule has 3 heterocycles. The summed E-state index contributed by atoms with van der Waals surface area (Å²) in [7, 11) is 4.01. The minimum atomic E-state index is 0.182. The van der Waals surface area contributed by atoms with Gasteiger partial charge in [0.2, 0.25) is 5.91 Å². The molecular formula is C20H32N6O. The molecule has 0 aromatic carbocycles. The maximum absolute atomic E-state index is 12.4. The Morgan fingerprint density at radius 1 is 1.11 bits per heavy atom. The first-order chi connectivity index (χ1) is 13.1. The number of nitrogens with zero attached hydrogens (tertiary/aromatic N) is 5. The van der Waals surface area contributed by atoms with Crippen LogP contribution in [0, 0.1) is 5.92 Å². The number of carbonyl (C=O) groups excluding carboxylic acids is 1. The third kappa shape index (κ3) is 4.51. The molecule has 1 aliphatic carbocycles. The lowest BCUT2D eigenvalue weighted by Crippen LogP contribution is -2.51. The van der Waals surface area contributed by atoms with Gasteiger partial charge in [0.1, 0.15) is 18.0 Å². The van der Waals surface area contributed by atoms with Crippen molar-refractivity contribution in [3.05, 3.63) is 12.4 Å². The fourth-order valence-corrected chi connectivity index (χ4v) is 4.31. The second-order valence-corrected chi connectivity index (χ2v) is 8.46. The van der Waals surface area contributed by atoms with Gasteiger partial charge in [0.05, 0.1) is 5.92 Å². The normalized spacial score (nSPS) is 24.7. The second kappa shape index (κ2) is 8.00. The van der Waals surface area contributed by atoms with Crippen LogP contribution in [0.4, 0.5) is 11.6 Å². The molecule has 1 aromatic rings. The highest BCUT2D eigenvalue weighted by Gasteiger charge is 2.33. The van der Waals surface area contributed by atoms with Gasteiger partial charge >= 0.3 is 0 Å². The lowest BCUT2D eigenvalue weighted by atomic mass is 9.93. The predicted molar refractivity (Wildman–Crippen MR) is 107 cm³/mol. The topological polar surface area (TPSA) is 64.6 Å². The van der Waals surface area contributed by atoms with E-state index in [-0.39, 0.29) is 11.8 Å². The van der Waals surface area contributed by atoms with E-state index in [9.17, 15) is 4.79 Å². The summed E-state index contributed by atoms with van der Waals surface area (Å²) in [6, 6.07) is 3.13. The minimum absolute atomic E-state index is 0.182. The summed E-state index contributed by atoms with van der Waals surface area (Å²) in [6.45, 7) is 4.10. The molecule has 7 nitrogen and oxygen atoms in total.